The van der Waals surface area contributed by atoms with Gasteiger partial charge in [0, 0.05) is 65.3 Å². The summed E-state index contributed by atoms with van der Waals surface area (Å²) >= 11 is 0. The number of hydrogen-bond acceptors (Lipinski definition) is 3. The van der Waals surface area contributed by atoms with E-state index < -0.39 is 0 Å². The van der Waals surface area contributed by atoms with Gasteiger partial charge >= 0.3 is 0 Å². The standard InChI is InChI=1S/C20H28N6/c1-21-20(23-10-13-25-12-9-22-18-25)26-16-14-24(15-17-26)11-5-8-19-6-3-2-4-7-19/h2-9,12,18H,10-11,13-17H2,1H3,(H,21,23). The van der Waals surface area contributed by atoms with Crippen LogP contribution in [-0.4, -0.2) is 71.6 Å². The average molecular weight is 352 g/mol. The molecule has 3 rings (SSSR count). The van der Waals surface area contributed by atoms with Gasteiger partial charge in [-0.05, 0) is 5.56 Å². The Hall–Kier alpha value is -2.60. The quantitative estimate of drug-likeness (QED) is 0.636. The van der Waals surface area contributed by atoms with Gasteiger partial charge in [0.1, 0.15) is 0 Å². The lowest BCUT2D eigenvalue weighted by atomic mass is 10.2. The smallest absolute Gasteiger partial charge is 0.193 e. The van der Waals surface area contributed by atoms with Crippen LogP contribution in [0.3, 0.4) is 0 Å². The summed E-state index contributed by atoms with van der Waals surface area (Å²) in [4.78, 5) is 13.3. The van der Waals surface area contributed by atoms with Crippen molar-refractivity contribution in [3.05, 3.63) is 60.7 Å². The molecule has 0 radical (unpaired) electrons. The monoisotopic (exact) mass is 352 g/mol. The molecular weight excluding hydrogens is 324 g/mol. The van der Waals surface area contributed by atoms with Gasteiger partial charge in [-0.25, -0.2) is 4.98 Å². The third kappa shape index (κ3) is 5.46. The Morgan fingerprint density at radius 2 is 2.00 bits per heavy atom. The molecule has 0 saturated carbocycles. The maximum atomic E-state index is 4.43. The first kappa shape index (κ1) is 18.2. The summed E-state index contributed by atoms with van der Waals surface area (Å²) in [6.07, 6.45) is 10.1. The molecule has 1 aromatic heterocycles. The number of guanidine groups is 1. The van der Waals surface area contributed by atoms with Crippen molar-refractivity contribution >= 4 is 12.0 Å². The van der Waals surface area contributed by atoms with Crippen molar-refractivity contribution in [2.45, 2.75) is 6.54 Å². The molecule has 138 valence electrons. The van der Waals surface area contributed by atoms with Gasteiger partial charge in [0.05, 0.1) is 6.33 Å². The Balaban J connectivity index is 1.38. The van der Waals surface area contributed by atoms with E-state index in [-0.39, 0.29) is 0 Å². The molecule has 1 saturated heterocycles. The van der Waals surface area contributed by atoms with E-state index in [0.717, 1.165) is 51.8 Å². The minimum atomic E-state index is 0.850. The number of aliphatic imine (C=N–C) groups is 1. The highest BCUT2D eigenvalue weighted by Crippen LogP contribution is 2.05. The van der Waals surface area contributed by atoms with Gasteiger partial charge in [0.15, 0.2) is 5.96 Å². The molecule has 0 amide bonds. The third-order valence-corrected chi connectivity index (χ3v) is 4.57. The van der Waals surface area contributed by atoms with Crippen molar-refractivity contribution in [1.82, 2.24) is 24.7 Å². The molecule has 26 heavy (non-hydrogen) atoms. The van der Waals surface area contributed by atoms with Crippen LogP contribution in [0.4, 0.5) is 0 Å². The fraction of sp³-hybridized carbons (Fsp3) is 0.400. The zero-order valence-electron chi connectivity index (χ0n) is 15.5. The summed E-state index contributed by atoms with van der Waals surface area (Å²) < 4.78 is 2.07. The van der Waals surface area contributed by atoms with Gasteiger partial charge in [0.25, 0.3) is 0 Å². The molecule has 2 aromatic rings. The number of nitrogens with one attached hydrogen (secondary N) is 1. The molecule has 1 aromatic carbocycles. The minimum absolute atomic E-state index is 0.850. The number of hydrogen-bond donors (Lipinski definition) is 1. The molecule has 0 aliphatic carbocycles. The fourth-order valence-electron chi connectivity index (χ4n) is 3.09. The Kier molecular flexibility index (Phi) is 6.84. The molecule has 1 N–H and O–H groups in total. The SMILES string of the molecule is CN=C(NCCn1ccnc1)N1CCN(CC=Cc2ccccc2)CC1. The lowest BCUT2D eigenvalue weighted by Gasteiger charge is -2.36. The van der Waals surface area contributed by atoms with E-state index >= 15 is 0 Å². The highest BCUT2D eigenvalue weighted by atomic mass is 15.3. The molecule has 0 spiro atoms. The van der Waals surface area contributed by atoms with Gasteiger partial charge < -0.3 is 14.8 Å². The van der Waals surface area contributed by atoms with Crippen molar-refractivity contribution in [2.75, 3.05) is 46.3 Å². The van der Waals surface area contributed by atoms with Crippen molar-refractivity contribution in [3.63, 3.8) is 0 Å². The van der Waals surface area contributed by atoms with E-state index in [9.17, 15) is 0 Å². The first-order valence-electron chi connectivity index (χ1n) is 9.20. The summed E-state index contributed by atoms with van der Waals surface area (Å²) in [7, 11) is 1.86. The summed E-state index contributed by atoms with van der Waals surface area (Å²) in [5.41, 5.74) is 1.26. The zero-order valence-corrected chi connectivity index (χ0v) is 15.5. The first-order valence-corrected chi connectivity index (χ1v) is 9.20. The van der Waals surface area contributed by atoms with Crippen LogP contribution in [0.2, 0.25) is 0 Å². The Labute approximate surface area is 155 Å². The second-order valence-corrected chi connectivity index (χ2v) is 6.38. The van der Waals surface area contributed by atoms with Gasteiger partial charge in [-0.3, -0.25) is 9.89 Å². The molecule has 0 atom stereocenters. The van der Waals surface area contributed by atoms with E-state index in [1.807, 2.05) is 25.6 Å². The number of aromatic nitrogens is 2. The second kappa shape index (κ2) is 9.77. The van der Waals surface area contributed by atoms with Crippen LogP contribution in [0.25, 0.3) is 6.08 Å². The average Bonchev–Trinajstić information content (AvgIpc) is 3.20. The van der Waals surface area contributed by atoms with Crippen LogP contribution >= 0.6 is 0 Å². The molecule has 0 bridgehead atoms. The Morgan fingerprint density at radius 3 is 2.69 bits per heavy atom. The summed E-state index contributed by atoms with van der Waals surface area (Å²) in [6.45, 7) is 6.86. The fourth-order valence-corrected chi connectivity index (χ4v) is 3.09. The molecule has 0 unspecified atom stereocenters. The zero-order chi connectivity index (χ0) is 18.0. The molecule has 1 fully saturated rings. The largest absolute Gasteiger partial charge is 0.354 e. The predicted octanol–water partition coefficient (Wildman–Crippen LogP) is 1.79. The van der Waals surface area contributed by atoms with E-state index in [4.69, 9.17) is 0 Å². The van der Waals surface area contributed by atoms with Gasteiger partial charge in [-0.2, -0.15) is 0 Å². The first-order chi connectivity index (χ1) is 12.8. The van der Waals surface area contributed by atoms with E-state index in [1.165, 1.54) is 5.56 Å². The van der Waals surface area contributed by atoms with E-state index in [1.54, 1.807) is 6.20 Å². The van der Waals surface area contributed by atoms with Crippen LogP contribution in [0.15, 0.2) is 60.1 Å². The van der Waals surface area contributed by atoms with Crippen LogP contribution in [0, 0.1) is 0 Å². The van der Waals surface area contributed by atoms with Crippen LogP contribution in [0.5, 0.6) is 0 Å². The van der Waals surface area contributed by atoms with Crippen molar-refractivity contribution in [2.24, 2.45) is 4.99 Å². The highest BCUT2D eigenvalue weighted by molar-refractivity contribution is 5.79. The van der Waals surface area contributed by atoms with Crippen LogP contribution in [0.1, 0.15) is 5.56 Å². The number of imidazole rings is 1. The lowest BCUT2D eigenvalue weighted by Crippen LogP contribution is -2.52. The van der Waals surface area contributed by atoms with E-state index in [0.29, 0.717) is 0 Å². The molecular formula is C20H28N6. The summed E-state index contributed by atoms with van der Waals surface area (Å²) in [5.74, 6) is 0.990. The number of nitrogens with zero attached hydrogens (tertiary/aromatic N) is 5. The molecule has 6 nitrogen and oxygen atoms in total. The van der Waals surface area contributed by atoms with Crippen LogP contribution in [-0.2, 0) is 6.54 Å². The van der Waals surface area contributed by atoms with Gasteiger partial charge in [-0.1, -0.05) is 42.5 Å². The summed E-state index contributed by atoms with van der Waals surface area (Å²) in [5, 5.41) is 3.45. The highest BCUT2D eigenvalue weighted by Gasteiger charge is 2.18. The maximum absolute atomic E-state index is 4.43. The van der Waals surface area contributed by atoms with Crippen molar-refractivity contribution in [1.29, 1.82) is 0 Å². The normalized spacial score (nSPS) is 16.3. The third-order valence-electron chi connectivity index (χ3n) is 4.57. The Bertz CT molecular complexity index is 684. The maximum Gasteiger partial charge on any atom is 0.193 e. The van der Waals surface area contributed by atoms with Crippen molar-refractivity contribution in [3.8, 4) is 0 Å². The van der Waals surface area contributed by atoms with Gasteiger partial charge in [-0.15, -0.1) is 0 Å². The number of piperazine rings is 1. The number of benzene rings is 1. The van der Waals surface area contributed by atoms with Crippen molar-refractivity contribution < 1.29 is 0 Å². The summed E-state index contributed by atoms with van der Waals surface area (Å²) in [6, 6.07) is 10.5. The predicted molar refractivity (Wildman–Crippen MR) is 107 cm³/mol. The topological polar surface area (TPSA) is 48.7 Å². The van der Waals surface area contributed by atoms with Crippen LogP contribution < -0.4 is 5.32 Å². The lowest BCUT2D eigenvalue weighted by molar-refractivity contribution is 0.194. The molecule has 1 aliphatic rings. The van der Waals surface area contributed by atoms with Gasteiger partial charge in [0.2, 0.25) is 0 Å². The Morgan fingerprint density at radius 1 is 1.19 bits per heavy atom. The number of rotatable bonds is 6. The second-order valence-electron chi connectivity index (χ2n) is 6.38. The van der Waals surface area contributed by atoms with E-state index in [2.05, 4.69) is 66.1 Å². The molecule has 6 heteroatoms. The molecule has 1 aliphatic heterocycles. The molecule has 2 heterocycles. The minimum Gasteiger partial charge on any atom is -0.354 e.